The second kappa shape index (κ2) is 8.23. The molecule has 6 nitrogen and oxygen atoms in total. The number of hydrogen-bond donors (Lipinski definition) is 0. The third-order valence-electron chi connectivity index (χ3n) is 6.43. The lowest BCUT2D eigenvalue weighted by Gasteiger charge is -2.31. The number of hydrogen-bond acceptors (Lipinski definition) is 4. The fourth-order valence-corrected chi connectivity index (χ4v) is 6.68. The number of ether oxygens (including phenoxy) is 1. The zero-order chi connectivity index (χ0) is 23.2. The van der Waals surface area contributed by atoms with E-state index < -0.39 is 10.0 Å². The molecule has 0 bridgehead atoms. The molecule has 3 aromatic rings. The quantitative estimate of drug-likeness (QED) is 0.575. The van der Waals surface area contributed by atoms with Crippen molar-refractivity contribution in [1.82, 2.24) is 0 Å². The van der Waals surface area contributed by atoms with Crippen LogP contribution in [-0.2, 0) is 22.9 Å². The number of amides is 1. The number of rotatable bonds is 4. The van der Waals surface area contributed by atoms with E-state index in [1.54, 1.807) is 30.2 Å². The molecule has 1 unspecified atom stereocenters. The Hall–Kier alpha value is -3.32. The van der Waals surface area contributed by atoms with Gasteiger partial charge in [-0.25, -0.2) is 8.42 Å². The van der Waals surface area contributed by atoms with E-state index in [0.717, 1.165) is 29.7 Å². The van der Waals surface area contributed by atoms with Crippen LogP contribution in [0.1, 0.15) is 34.8 Å². The lowest BCUT2D eigenvalue weighted by Crippen LogP contribution is -2.37. The molecule has 0 radical (unpaired) electrons. The zero-order valence-electron chi connectivity index (χ0n) is 18.7. The normalized spacial score (nSPS) is 17.5. The van der Waals surface area contributed by atoms with Crippen molar-refractivity contribution < 1.29 is 17.9 Å². The standard InChI is InChI=1S/C26H26N2O4S/c1-18-16-20-8-3-4-13-23(20)28(18)33(30,31)22-12-5-10-21(17-22)26(29)27-15-7-11-19-9-6-14-24(32-2)25(19)27/h3-6,8-10,12-14,17-18H,7,11,15-16H2,1-2H3. The fourth-order valence-electron chi connectivity index (χ4n) is 4.95. The molecule has 3 aromatic carbocycles. The number of nitrogens with zero attached hydrogens (tertiary/aromatic N) is 2. The van der Waals surface area contributed by atoms with E-state index in [-0.39, 0.29) is 16.8 Å². The number of carbonyl (C=O) groups excluding carboxylic acids is 1. The molecule has 0 aromatic heterocycles. The van der Waals surface area contributed by atoms with Gasteiger partial charge < -0.3 is 9.64 Å². The summed E-state index contributed by atoms with van der Waals surface area (Å²) < 4.78 is 34.3. The molecule has 170 valence electrons. The number of fused-ring (bicyclic) bond motifs is 2. The number of benzene rings is 3. The van der Waals surface area contributed by atoms with Crippen molar-refractivity contribution >= 4 is 27.3 Å². The van der Waals surface area contributed by atoms with Crippen LogP contribution in [0.25, 0.3) is 0 Å². The second-order valence-electron chi connectivity index (χ2n) is 8.54. The van der Waals surface area contributed by atoms with Crippen molar-refractivity contribution in [2.24, 2.45) is 0 Å². The molecule has 0 N–H and O–H groups in total. The predicted octanol–water partition coefficient (Wildman–Crippen LogP) is 4.43. The van der Waals surface area contributed by atoms with Gasteiger partial charge in [-0.05, 0) is 67.6 Å². The number of sulfonamides is 1. The van der Waals surface area contributed by atoms with Gasteiger partial charge in [0.05, 0.1) is 23.4 Å². The van der Waals surface area contributed by atoms with E-state index in [0.29, 0.717) is 30.0 Å². The molecule has 0 fully saturated rings. The largest absolute Gasteiger partial charge is 0.495 e. The van der Waals surface area contributed by atoms with E-state index in [1.165, 1.54) is 10.4 Å². The van der Waals surface area contributed by atoms with Gasteiger partial charge in [-0.2, -0.15) is 0 Å². The van der Waals surface area contributed by atoms with E-state index in [4.69, 9.17) is 4.74 Å². The molecule has 7 heteroatoms. The lowest BCUT2D eigenvalue weighted by molar-refractivity contribution is 0.0984. The highest BCUT2D eigenvalue weighted by Crippen LogP contribution is 2.38. The number of carbonyl (C=O) groups is 1. The molecule has 1 atom stereocenters. The molecule has 5 rings (SSSR count). The number of anilines is 2. The molecule has 0 saturated carbocycles. The highest BCUT2D eigenvalue weighted by atomic mass is 32.2. The van der Waals surface area contributed by atoms with Crippen LogP contribution < -0.4 is 13.9 Å². The van der Waals surface area contributed by atoms with Crippen molar-refractivity contribution in [2.75, 3.05) is 22.9 Å². The minimum atomic E-state index is -3.82. The number of para-hydroxylation sites is 2. The molecular formula is C26H26N2O4S. The van der Waals surface area contributed by atoms with Gasteiger partial charge in [0.1, 0.15) is 5.75 Å². The Morgan fingerprint density at radius 3 is 2.58 bits per heavy atom. The maximum atomic E-state index is 13.6. The van der Waals surface area contributed by atoms with Crippen molar-refractivity contribution in [3.05, 3.63) is 83.4 Å². The molecule has 33 heavy (non-hydrogen) atoms. The van der Waals surface area contributed by atoms with Crippen molar-refractivity contribution in [3.63, 3.8) is 0 Å². The number of aryl methyl sites for hydroxylation is 1. The Balaban J connectivity index is 1.52. The molecule has 0 spiro atoms. The molecule has 2 aliphatic heterocycles. The second-order valence-corrected chi connectivity index (χ2v) is 10.4. The highest BCUT2D eigenvalue weighted by Gasteiger charge is 2.36. The Bertz CT molecular complexity index is 1320. The Morgan fingerprint density at radius 1 is 1.00 bits per heavy atom. The van der Waals surface area contributed by atoms with Crippen molar-refractivity contribution in [2.45, 2.75) is 37.1 Å². The van der Waals surface area contributed by atoms with E-state index in [2.05, 4.69) is 0 Å². The maximum Gasteiger partial charge on any atom is 0.264 e. The Morgan fingerprint density at radius 2 is 1.76 bits per heavy atom. The van der Waals surface area contributed by atoms with Gasteiger partial charge in [0, 0.05) is 18.2 Å². The zero-order valence-corrected chi connectivity index (χ0v) is 19.5. The summed E-state index contributed by atoms with van der Waals surface area (Å²) in [7, 11) is -2.23. The fraction of sp³-hybridized carbons (Fsp3) is 0.269. The molecule has 0 aliphatic carbocycles. The first-order valence-corrected chi connectivity index (χ1v) is 12.6. The van der Waals surface area contributed by atoms with Crippen molar-refractivity contribution in [1.29, 1.82) is 0 Å². The Kier molecular flexibility index (Phi) is 5.37. The average molecular weight is 463 g/mol. The van der Waals surface area contributed by atoms with Gasteiger partial charge in [0.25, 0.3) is 15.9 Å². The van der Waals surface area contributed by atoms with Crippen LogP contribution in [0.2, 0.25) is 0 Å². The third-order valence-corrected chi connectivity index (χ3v) is 8.35. The van der Waals surface area contributed by atoms with E-state index in [9.17, 15) is 13.2 Å². The molecule has 0 saturated heterocycles. The SMILES string of the molecule is COc1cccc2c1N(C(=O)c1cccc(S(=O)(=O)N3c4ccccc4CC3C)c1)CCC2. The Labute approximate surface area is 194 Å². The first-order chi connectivity index (χ1) is 15.9. The van der Waals surface area contributed by atoms with Crippen LogP contribution in [0, 0.1) is 0 Å². The van der Waals surface area contributed by atoms with Gasteiger partial charge in [-0.3, -0.25) is 9.10 Å². The van der Waals surface area contributed by atoms with Crippen LogP contribution in [0.5, 0.6) is 5.75 Å². The third kappa shape index (κ3) is 3.56. The highest BCUT2D eigenvalue weighted by molar-refractivity contribution is 7.92. The summed E-state index contributed by atoms with van der Waals surface area (Å²) in [5, 5.41) is 0. The topological polar surface area (TPSA) is 66.9 Å². The van der Waals surface area contributed by atoms with E-state index >= 15 is 0 Å². The van der Waals surface area contributed by atoms with E-state index in [1.807, 2.05) is 49.4 Å². The van der Waals surface area contributed by atoms with Crippen LogP contribution in [0.3, 0.4) is 0 Å². The summed E-state index contributed by atoms with van der Waals surface area (Å²) in [5.41, 5.74) is 3.89. The lowest BCUT2D eigenvalue weighted by atomic mass is 10.00. The van der Waals surface area contributed by atoms with Gasteiger partial charge in [-0.15, -0.1) is 0 Å². The van der Waals surface area contributed by atoms with Gasteiger partial charge in [-0.1, -0.05) is 36.4 Å². The van der Waals surface area contributed by atoms with Crippen molar-refractivity contribution in [3.8, 4) is 5.75 Å². The minimum Gasteiger partial charge on any atom is -0.495 e. The van der Waals surface area contributed by atoms with Gasteiger partial charge >= 0.3 is 0 Å². The van der Waals surface area contributed by atoms with Gasteiger partial charge in [0.15, 0.2) is 0 Å². The average Bonchev–Trinajstić information content (AvgIpc) is 3.19. The van der Waals surface area contributed by atoms with Crippen LogP contribution in [0.15, 0.2) is 71.6 Å². The molecule has 1 amide bonds. The summed E-state index contributed by atoms with van der Waals surface area (Å²) in [5.74, 6) is 0.416. The first-order valence-electron chi connectivity index (χ1n) is 11.1. The summed E-state index contributed by atoms with van der Waals surface area (Å²) in [6.07, 6.45) is 2.38. The summed E-state index contributed by atoms with van der Waals surface area (Å²) in [6.45, 7) is 2.46. The van der Waals surface area contributed by atoms with Crippen LogP contribution >= 0.6 is 0 Å². The summed E-state index contributed by atoms with van der Waals surface area (Å²) in [6, 6.07) is 19.5. The van der Waals surface area contributed by atoms with Crippen LogP contribution in [0.4, 0.5) is 11.4 Å². The van der Waals surface area contributed by atoms with Gasteiger partial charge in [0.2, 0.25) is 0 Å². The number of methoxy groups -OCH3 is 1. The molecule has 2 heterocycles. The maximum absolute atomic E-state index is 13.6. The first kappa shape index (κ1) is 21.5. The molecular weight excluding hydrogens is 436 g/mol. The molecule has 2 aliphatic rings. The summed E-state index contributed by atoms with van der Waals surface area (Å²) >= 11 is 0. The minimum absolute atomic E-state index is 0.120. The predicted molar refractivity (Wildman–Crippen MR) is 129 cm³/mol. The summed E-state index contributed by atoms with van der Waals surface area (Å²) in [4.78, 5) is 15.4. The monoisotopic (exact) mass is 462 g/mol. The smallest absolute Gasteiger partial charge is 0.264 e. The van der Waals surface area contributed by atoms with Crippen LogP contribution in [-0.4, -0.2) is 34.0 Å².